The predicted octanol–water partition coefficient (Wildman–Crippen LogP) is 1.92. The van der Waals surface area contributed by atoms with Crippen molar-refractivity contribution in [1.29, 1.82) is 5.26 Å². The molecular weight excluding hydrogens is 226 g/mol. The van der Waals surface area contributed by atoms with Gasteiger partial charge in [0.05, 0.1) is 12.5 Å². The Labute approximate surface area is 109 Å². The lowest BCUT2D eigenvalue weighted by molar-refractivity contribution is 0.607. The molecule has 0 saturated heterocycles. The van der Waals surface area contributed by atoms with E-state index in [-0.39, 0.29) is 0 Å². The first-order chi connectivity index (χ1) is 8.54. The van der Waals surface area contributed by atoms with Gasteiger partial charge in [-0.25, -0.2) is 4.98 Å². The minimum atomic E-state index is 0.508. The average molecular weight is 247 g/mol. The fraction of sp³-hybridized carbons (Fsp3) is 0.615. The highest BCUT2D eigenvalue weighted by Gasteiger charge is 2.11. The number of hydrogen-bond acceptors (Lipinski definition) is 5. The molecule has 0 aliphatic carbocycles. The number of hydrogen-bond donors (Lipinski definition) is 0. The second-order valence-electron chi connectivity index (χ2n) is 4.86. The van der Waals surface area contributed by atoms with Crippen molar-refractivity contribution in [3.63, 3.8) is 0 Å². The number of anilines is 2. The van der Waals surface area contributed by atoms with E-state index >= 15 is 0 Å². The Balaban J connectivity index is 2.89. The van der Waals surface area contributed by atoms with Crippen LogP contribution in [0, 0.1) is 17.2 Å². The molecule has 0 radical (unpaired) electrons. The molecule has 98 valence electrons. The third-order valence-electron chi connectivity index (χ3n) is 2.43. The molecular formula is C13H21N5. The highest BCUT2D eigenvalue weighted by atomic mass is 15.3. The maximum Gasteiger partial charge on any atom is 0.226 e. The van der Waals surface area contributed by atoms with Crippen LogP contribution in [0.5, 0.6) is 0 Å². The average Bonchev–Trinajstić information content (AvgIpc) is 2.34. The van der Waals surface area contributed by atoms with Crippen LogP contribution in [0.15, 0.2) is 12.3 Å². The van der Waals surface area contributed by atoms with Crippen LogP contribution >= 0.6 is 0 Å². The summed E-state index contributed by atoms with van der Waals surface area (Å²) in [7, 11) is 3.84. The van der Waals surface area contributed by atoms with Gasteiger partial charge in [-0.05, 0) is 12.0 Å². The van der Waals surface area contributed by atoms with Gasteiger partial charge in [0.25, 0.3) is 0 Å². The quantitative estimate of drug-likeness (QED) is 0.768. The van der Waals surface area contributed by atoms with Gasteiger partial charge in [-0.2, -0.15) is 10.2 Å². The van der Waals surface area contributed by atoms with Crippen molar-refractivity contribution < 1.29 is 0 Å². The van der Waals surface area contributed by atoms with Crippen LogP contribution in [-0.2, 0) is 0 Å². The van der Waals surface area contributed by atoms with Crippen molar-refractivity contribution >= 4 is 11.8 Å². The Morgan fingerprint density at radius 3 is 2.67 bits per heavy atom. The Morgan fingerprint density at radius 2 is 2.11 bits per heavy atom. The van der Waals surface area contributed by atoms with Crippen LogP contribution in [0.25, 0.3) is 0 Å². The van der Waals surface area contributed by atoms with Gasteiger partial charge in [-0.3, -0.25) is 0 Å². The van der Waals surface area contributed by atoms with E-state index in [1.165, 1.54) is 0 Å². The molecule has 18 heavy (non-hydrogen) atoms. The maximum atomic E-state index is 8.72. The maximum absolute atomic E-state index is 8.72. The summed E-state index contributed by atoms with van der Waals surface area (Å²) in [4.78, 5) is 12.7. The summed E-state index contributed by atoms with van der Waals surface area (Å²) >= 11 is 0. The summed E-state index contributed by atoms with van der Waals surface area (Å²) in [5.74, 6) is 2.11. The van der Waals surface area contributed by atoms with Crippen LogP contribution in [0.4, 0.5) is 11.8 Å². The zero-order chi connectivity index (χ0) is 13.5. The number of nitrogens with zero attached hydrogens (tertiary/aromatic N) is 5. The first-order valence-corrected chi connectivity index (χ1v) is 6.17. The molecule has 0 amide bonds. The first-order valence-electron chi connectivity index (χ1n) is 6.17. The molecule has 1 rings (SSSR count). The van der Waals surface area contributed by atoms with Crippen LogP contribution in [-0.4, -0.2) is 37.2 Å². The number of nitriles is 1. The Bertz CT molecular complexity index is 408. The molecule has 0 unspecified atom stereocenters. The molecule has 0 aromatic carbocycles. The summed E-state index contributed by atoms with van der Waals surface area (Å²) in [5.41, 5.74) is 0. The van der Waals surface area contributed by atoms with Crippen LogP contribution in [0.3, 0.4) is 0 Å². The second-order valence-corrected chi connectivity index (χ2v) is 4.86. The van der Waals surface area contributed by atoms with Crippen molar-refractivity contribution in [2.45, 2.75) is 20.3 Å². The molecule has 0 aliphatic heterocycles. The molecule has 1 aromatic heterocycles. The molecule has 1 heterocycles. The van der Waals surface area contributed by atoms with Crippen molar-refractivity contribution in [3.05, 3.63) is 12.3 Å². The van der Waals surface area contributed by atoms with Crippen LogP contribution in [0.2, 0.25) is 0 Å². The van der Waals surface area contributed by atoms with Gasteiger partial charge in [0, 0.05) is 33.4 Å². The van der Waals surface area contributed by atoms with E-state index in [0.29, 0.717) is 24.8 Å². The summed E-state index contributed by atoms with van der Waals surface area (Å²) in [6.45, 7) is 5.92. The van der Waals surface area contributed by atoms with E-state index in [1.54, 1.807) is 6.20 Å². The van der Waals surface area contributed by atoms with E-state index in [0.717, 1.165) is 12.4 Å². The number of aromatic nitrogens is 2. The molecule has 5 heteroatoms. The molecule has 0 spiro atoms. The highest BCUT2D eigenvalue weighted by Crippen LogP contribution is 2.15. The van der Waals surface area contributed by atoms with Gasteiger partial charge >= 0.3 is 0 Å². The Kier molecular flexibility index (Phi) is 5.37. The van der Waals surface area contributed by atoms with Crippen LogP contribution in [0.1, 0.15) is 20.3 Å². The lowest BCUT2D eigenvalue weighted by Gasteiger charge is -2.25. The molecule has 0 saturated carbocycles. The van der Waals surface area contributed by atoms with Gasteiger partial charge in [0.1, 0.15) is 5.82 Å². The SMILES string of the molecule is CC(C)CN(CCC#N)c1ccnc(N(C)C)n1. The highest BCUT2D eigenvalue weighted by molar-refractivity contribution is 5.43. The first kappa shape index (κ1) is 14.2. The summed E-state index contributed by atoms with van der Waals surface area (Å²) in [6, 6.07) is 4.08. The number of rotatable bonds is 6. The molecule has 0 N–H and O–H groups in total. The fourth-order valence-electron chi connectivity index (χ4n) is 1.66. The minimum Gasteiger partial charge on any atom is -0.355 e. The third kappa shape index (κ3) is 4.21. The third-order valence-corrected chi connectivity index (χ3v) is 2.43. The zero-order valence-corrected chi connectivity index (χ0v) is 11.6. The summed E-state index contributed by atoms with van der Waals surface area (Å²) in [5, 5.41) is 8.72. The predicted molar refractivity (Wildman–Crippen MR) is 73.6 cm³/mol. The second kappa shape index (κ2) is 6.80. The summed E-state index contributed by atoms with van der Waals surface area (Å²) in [6.07, 6.45) is 2.27. The van der Waals surface area contributed by atoms with Crippen molar-refractivity contribution in [2.75, 3.05) is 37.0 Å². The summed E-state index contributed by atoms with van der Waals surface area (Å²) < 4.78 is 0. The molecule has 0 bridgehead atoms. The zero-order valence-electron chi connectivity index (χ0n) is 11.6. The lowest BCUT2D eigenvalue weighted by atomic mass is 10.2. The van der Waals surface area contributed by atoms with Gasteiger partial charge < -0.3 is 9.80 Å². The lowest BCUT2D eigenvalue weighted by Crippen LogP contribution is -2.30. The molecule has 0 atom stereocenters. The van der Waals surface area contributed by atoms with Crippen LogP contribution < -0.4 is 9.80 Å². The minimum absolute atomic E-state index is 0.508. The van der Waals surface area contributed by atoms with Crippen molar-refractivity contribution in [2.24, 2.45) is 5.92 Å². The monoisotopic (exact) mass is 247 g/mol. The van der Waals surface area contributed by atoms with Gasteiger partial charge in [-0.1, -0.05) is 13.8 Å². The van der Waals surface area contributed by atoms with E-state index in [4.69, 9.17) is 5.26 Å². The topological polar surface area (TPSA) is 56.1 Å². The van der Waals surface area contributed by atoms with E-state index in [1.807, 2.05) is 25.1 Å². The molecule has 5 nitrogen and oxygen atoms in total. The van der Waals surface area contributed by atoms with Gasteiger partial charge in [0.15, 0.2) is 0 Å². The van der Waals surface area contributed by atoms with E-state index < -0.39 is 0 Å². The van der Waals surface area contributed by atoms with Gasteiger partial charge in [-0.15, -0.1) is 0 Å². The largest absolute Gasteiger partial charge is 0.355 e. The normalized spacial score (nSPS) is 10.2. The molecule has 1 aromatic rings. The standard InChI is InChI=1S/C13H21N5/c1-11(2)10-18(9-5-7-14)12-6-8-15-13(16-12)17(3)4/h6,8,11H,5,9-10H2,1-4H3. The fourth-order valence-corrected chi connectivity index (χ4v) is 1.66. The Hall–Kier alpha value is -1.83. The van der Waals surface area contributed by atoms with E-state index in [9.17, 15) is 0 Å². The van der Waals surface area contributed by atoms with E-state index in [2.05, 4.69) is 34.8 Å². The van der Waals surface area contributed by atoms with Gasteiger partial charge in [0.2, 0.25) is 5.95 Å². The van der Waals surface area contributed by atoms with Crippen molar-refractivity contribution in [3.8, 4) is 6.07 Å². The van der Waals surface area contributed by atoms with Crippen molar-refractivity contribution in [1.82, 2.24) is 9.97 Å². The Morgan fingerprint density at radius 1 is 1.39 bits per heavy atom. The smallest absolute Gasteiger partial charge is 0.226 e. The molecule has 0 aliphatic rings. The molecule has 0 fully saturated rings.